The highest BCUT2D eigenvalue weighted by Crippen LogP contribution is 2.23. The molecule has 112 valence electrons. The number of nitrogens with one attached hydrogen (secondary N) is 1. The summed E-state index contributed by atoms with van der Waals surface area (Å²) in [7, 11) is 0. The SMILES string of the molecule is c1ccc(-n2cc(CNc3cccc4ccccc34)cn2)cc1. The maximum Gasteiger partial charge on any atom is 0.0645 e. The first-order valence-electron chi connectivity index (χ1n) is 7.71. The van der Waals surface area contributed by atoms with Gasteiger partial charge in [0, 0.05) is 29.4 Å². The fourth-order valence-corrected chi connectivity index (χ4v) is 2.75. The summed E-state index contributed by atoms with van der Waals surface area (Å²) in [5, 5.41) is 10.4. The minimum absolute atomic E-state index is 0.751. The third-order valence-corrected chi connectivity index (χ3v) is 3.93. The van der Waals surface area contributed by atoms with E-state index in [2.05, 4.69) is 71.2 Å². The van der Waals surface area contributed by atoms with Gasteiger partial charge in [-0.2, -0.15) is 5.10 Å². The number of anilines is 1. The first-order valence-corrected chi connectivity index (χ1v) is 7.71. The Kier molecular flexibility index (Phi) is 3.53. The van der Waals surface area contributed by atoms with E-state index in [-0.39, 0.29) is 0 Å². The molecule has 1 heterocycles. The van der Waals surface area contributed by atoms with Gasteiger partial charge in [0.1, 0.15) is 0 Å². The average molecular weight is 299 g/mol. The molecule has 3 heteroatoms. The standard InChI is InChI=1S/C20H17N3/c1-2-9-18(10-3-1)23-15-16(14-22-23)13-21-20-12-6-8-17-7-4-5-11-19(17)20/h1-12,14-15,21H,13H2. The minimum atomic E-state index is 0.751. The van der Waals surface area contributed by atoms with Crippen LogP contribution >= 0.6 is 0 Å². The van der Waals surface area contributed by atoms with E-state index in [0.717, 1.165) is 23.5 Å². The summed E-state index contributed by atoms with van der Waals surface area (Å²) in [5.41, 5.74) is 3.38. The summed E-state index contributed by atoms with van der Waals surface area (Å²) >= 11 is 0. The predicted octanol–water partition coefficient (Wildman–Crippen LogP) is 4.64. The molecule has 3 nitrogen and oxygen atoms in total. The van der Waals surface area contributed by atoms with Crippen molar-refractivity contribution in [2.24, 2.45) is 0 Å². The van der Waals surface area contributed by atoms with E-state index in [1.807, 2.05) is 29.1 Å². The largest absolute Gasteiger partial charge is 0.380 e. The zero-order chi connectivity index (χ0) is 15.5. The molecule has 23 heavy (non-hydrogen) atoms. The van der Waals surface area contributed by atoms with Crippen LogP contribution in [-0.2, 0) is 6.54 Å². The summed E-state index contributed by atoms with van der Waals surface area (Å²) in [6.45, 7) is 0.751. The van der Waals surface area contributed by atoms with Crippen molar-refractivity contribution in [2.75, 3.05) is 5.32 Å². The molecular formula is C20H17N3. The average Bonchev–Trinajstić information content (AvgIpc) is 3.10. The highest BCUT2D eigenvalue weighted by Gasteiger charge is 2.03. The lowest BCUT2D eigenvalue weighted by molar-refractivity contribution is 0.880. The van der Waals surface area contributed by atoms with E-state index in [9.17, 15) is 0 Å². The maximum atomic E-state index is 4.44. The van der Waals surface area contributed by atoms with E-state index in [0.29, 0.717) is 0 Å². The molecule has 0 saturated heterocycles. The smallest absolute Gasteiger partial charge is 0.0645 e. The monoisotopic (exact) mass is 299 g/mol. The summed E-state index contributed by atoms with van der Waals surface area (Å²) < 4.78 is 1.90. The lowest BCUT2D eigenvalue weighted by Gasteiger charge is -2.08. The van der Waals surface area contributed by atoms with Crippen LogP contribution in [0.3, 0.4) is 0 Å². The van der Waals surface area contributed by atoms with Crippen LogP contribution in [0.15, 0.2) is 85.2 Å². The van der Waals surface area contributed by atoms with Crippen LogP contribution in [0.2, 0.25) is 0 Å². The molecule has 0 spiro atoms. The fraction of sp³-hybridized carbons (Fsp3) is 0.0500. The number of para-hydroxylation sites is 1. The van der Waals surface area contributed by atoms with E-state index in [4.69, 9.17) is 0 Å². The van der Waals surface area contributed by atoms with Crippen molar-refractivity contribution in [1.82, 2.24) is 9.78 Å². The van der Waals surface area contributed by atoms with Crippen LogP contribution in [0.5, 0.6) is 0 Å². The third kappa shape index (κ3) is 2.81. The number of aromatic nitrogens is 2. The molecule has 0 radical (unpaired) electrons. The fourth-order valence-electron chi connectivity index (χ4n) is 2.75. The normalized spacial score (nSPS) is 10.8. The Morgan fingerprint density at radius 1 is 0.826 bits per heavy atom. The molecule has 0 amide bonds. The Balaban J connectivity index is 1.54. The zero-order valence-electron chi connectivity index (χ0n) is 12.7. The van der Waals surface area contributed by atoms with Crippen LogP contribution in [0, 0.1) is 0 Å². The second-order valence-electron chi connectivity index (χ2n) is 5.51. The van der Waals surface area contributed by atoms with Gasteiger partial charge in [0.2, 0.25) is 0 Å². The van der Waals surface area contributed by atoms with E-state index >= 15 is 0 Å². The van der Waals surface area contributed by atoms with Gasteiger partial charge in [0.25, 0.3) is 0 Å². The van der Waals surface area contributed by atoms with Crippen molar-refractivity contribution >= 4 is 16.5 Å². The van der Waals surface area contributed by atoms with Gasteiger partial charge in [-0.15, -0.1) is 0 Å². The van der Waals surface area contributed by atoms with Crippen LogP contribution in [-0.4, -0.2) is 9.78 Å². The first-order chi connectivity index (χ1) is 11.4. The van der Waals surface area contributed by atoms with Crippen molar-refractivity contribution in [3.05, 3.63) is 90.8 Å². The molecule has 0 aliphatic rings. The van der Waals surface area contributed by atoms with Gasteiger partial charge in [-0.3, -0.25) is 0 Å². The quantitative estimate of drug-likeness (QED) is 0.595. The summed E-state index contributed by atoms with van der Waals surface area (Å²) in [6, 6.07) is 24.9. The number of fused-ring (bicyclic) bond motifs is 1. The van der Waals surface area contributed by atoms with Crippen LogP contribution in [0.25, 0.3) is 16.5 Å². The molecule has 4 rings (SSSR count). The zero-order valence-corrected chi connectivity index (χ0v) is 12.7. The Hall–Kier alpha value is -3.07. The van der Waals surface area contributed by atoms with Crippen molar-refractivity contribution in [3.8, 4) is 5.69 Å². The van der Waals surface area contributed by atoms with Crippen LogP contribution < -0.4 is 5.32 Å². The Labute approximate surface area is 135 Å². The predicted molar refractivity (Wildman–Crippen MR) is 94.8 cm³/mol. The summed E-state index contributed by atoms with van der Waals surface area (Å²) in [4.78, 5) is 0. The Morgan fingerprint density at radius 2 is 1.61 bits per heavy atom. The summed E-state index contributed by atoms with van der Waals surface area (Å²) in [6.07, 6.45) is 3.97. The lowest BCUT2D eigenvalue weighted by atomic mass is 10.1. The molecule has 0 bridgehead atoms. The van der Waals surface area contributed by atoms with E-state index < -0.39 is 0 Å². The molecule has 3 aromatic carbocycles. The number of hydrogen-bond donors (Lipinski definition) is 1. The number of rotatable bonds is 4. The summed E-state index contributed by atoms with van der Waals surface area (Å²) in [5.74, 6) is 0. The topological polar surface area (TPSA) is 29.9 Å². The molecule has 0 saturated carbocycles. The van der Waals surface area contributed by atoms with Crippen LogP contribution in [0.1, 0.15) is 5.56 Å². The molecular weight excluding hydrogens is 282 g/mol. The minimum Gasteiger partial charge on any atom is -0.380 e. The first kappa shape index (κ1) is 13.6. The highest BCUT2D eigenvalue weighted by molar-refractivity contribution is 5.93. The molecule has 0 unspecified atom stereocenters. The van der Waals surface area contributed by atoms with Crippen LogP contribution in [0.4, 0.5) is 5.69 Å². The van der Waals surface area contributed by atoms with Gasteiger partial charge in [0.15, 0.2) is 0 Å². The lowest BCUT2D eigenvalue weighted by Crippen LogP contribution is -1.99. The third-order valence-electron chi connectivity index (χ3n) is 3.93. The van der Waals surface area contributed by atoms with Crippen molar-refractivity contribution in [3.63, 3.8) is 0 Å². The second kappa shape index (κ2) is 5.97. The number of benzene rings is 3. The molecule has 1 N–H and O–H groups in total. The van der Waals surface area contributed by atoms with Crippen molar-refractivity contribution in [1.29, 1.82) is 0 Å². The van der Waals surface area contributed by atoms with Gasteiger partial charge in [-0.05, 0) is 23.6 Å². The molecule has 0 aliphatic carbocycles. The van der Waals surface area contributed by atoms with Gasteiger partial charge < -0.3 is 5.32 Å². The Morgan fingerprint density at radius 3 is 2.52 bits per heavy atom. The number of hydrogen-bond acceptors (Lipinski definition) is 2. The number of nitrogens with zero attached hydrogens (tertiary/aromatic N) is 2. The van der Waals surface area contributed by atoms with Gasteiger partial charge >= 0.3 is 0 Å². The molecule has 0 fully saturated rings. The molecule has 0 atom stereocenters. The molecule has 4 aromatic rings. The maximum absolute atomic E-state index is 4.44. The van der Waals surface area contributed by atoms with E-state index in [1.54, 1.807) is 0 Å². The van der Waals surface area contributed by atoms with Crippen molar-refractivity contribution in [2.45, 2.75) is 6.54 Å². The highest BCUT2D eigenvalue weighted by atomic mass is 15.3. The van der Waals surface area contributed by atoms with Crippen molar-refractivity contribution < 1.29 is 0 Å². The van der Waals surface area contributed by atoms with Gasteiger partial charge in [0.05, 0.1) is 11.9 Å². The molecule has 0 aliphatic heterocycles. The van der Waals surface area contributed by atoms with Gasteiger partial charge in [-0.1, -0.05) is 54.6 Å². The van der Waals surface area contributed by atoms with Gasteiger partial charge in [-0.25, -0.2) is 4.68 Å². The van der Waals surface area contributed by atoms with E-state index in [1.165, 1.54) is 10.8 Å². The Bertz CT molecular complexity index is 920. The second-order valence-corrected chi connectivity index (χ2v) is 5.51. The molecule has 1 aromatic heterocycles.